The zero-order chi connectivity index (χ0) is 18.2. The topological polar surface area (TPSA) is 86.0 Å². The highest BCUT2D eigenvalue weighted by Gasteiger charge is 2.19. The average Bonchev–Trinajstić information content (AvgIpc) is 2.57. The zero-order valence-electron chi connectivity index (χ0n) is 13.9. The first-order valence-electron chi connectivity index (χ1n) is 7.67. The molecule has 0 aliphatic rings. The molecule has 0 amide bonds. The fraction of sp³-hybridized carbons (Fsp3) is 0.235. The molecule has 0 radical (unpaired) electrons. The minimum absolute atomic E-state index is 0.144. The molecule has 2 rings (SSSR count). The van der Waals surface area contributed by atoms with E-state index in [0.29, 0.717) is 35.2 Å². The van der Waals surface area contributed by atoms with Crippen LogP contribution in [-0.4, -0.2) is 24.4 Å². The minimum Gasteiger partial charge on any atom is -0.493 e. The molecule has 1 N–H and O–H groups in total. The van der Waals surface area contributed by atoms with E-state index in [2.05, 4.69) is 10.5 Å². The van der Waals surface area contributed by atoms with E-state index in [9.17, 15) is 10.1 Å². The smallest absolute Gasteiger partial charge is 0.311 e. The van der Waals surface area contributed by atoms with Gasteiger partial charge in [-0.3, -0.25) is 15.5 Å². The number of hydrogen-bond acceptors (Lipinski definition) is 6. The Bertz CT molecular complexity index is 780. The van der Waals surface area contributed by atoms with Gasteiger partial charge in [-0.25, -0.2) is 0 Å². The van der Waals surface area contributed by atoms with E-state index in [1.807, 2.05) is 6.92 Å². The van der Waals surface area contributed by atoms with Crippen molar-refractivity contribution in [2.75, 3.05) is 18.6 Å². The fourth-order valence-electron chi connectivity index (χ4n) is 2.10. The van der Waals surface area contributed by atoms with E-state index < -0.39 is 4.92 Å². The molecule has 0 spiro atoms. The van der Waals surface area contributed by atoms with Gasteiger partial charge >= 0.3 is 5.69 Å². The largest absolute Gasteiger partial charge is 0.493 e. The van der Waals surface area contributed by atoms with Crippen molar-refractivity contribution in [3.05, 3.63) is 57.1 Å². The number of halogens is 1. The first kappa shape index (κ1) is 18.5. The monoisotopic (exact) mass is 363 g/mol. The summed E-state index contributed by atoms with van der Waals surface area (Å²) in [6.07, 6.45) is 1.45. The Hall–Kier alpha value is -2.80. The van der Waals surface area contributed by atoms with Crippen molar-refractivity contribution in [3.63, 3.8) is 0 Å². The summed E-state index contributed by atoms with van der Waals surface area (Å²) in [6.45, 7) is 4.31. The van der Waals surface area contributed by atoms with E-state index in [1.165, 1.54) is 18.3 Å². The Balaban J connectivity index is 2.32. The second kappa shape index (κ2) is 8.89. The molecule has 0 unspecified atom stereocenters. The Morgan fingerprint density at radius 2 is 1.92 bits per heavy atom. The second-order valence-corrected chi connectivity index (χ2v) is 5.30. The van der Waals surface area contributed by atoms with Crippen LogP contribution >= 0.6 is 11.6 Å². The van der Waals surface area contributed by atoms with Gasteiger partial charge in [0, 0.05) is 22.7 Å². The van der Waals surface area contributed by atoms with Crippen molar-refractivity contribution in [2.45, 2.75) is 13.8 Å². The maximum Gasteiger partial charge on any atom is 0.311 e. The molecule has 0 saturated carbocycles. The summed E-state index contributed by atoms with van der Waals surface area (Å²) in [5, 5.41) is 15.9. The minimum atomic E-state index is -0.498. The molecule has 0 aliphatic heterocycles. The predicted octanol–water partition coefficient (Wildman–Crippen LogP) is 4.49. The molecule has 0 saturated heterocycles. The SMILES string of the molecule is CCOc1cc(OCC)c([N+](=O)[O-])cc1C=NNc1cccc(Cl)c1. The highest BCUT2D eigenvalue weighted by Crippen LogP contribution is 2.34. The summed E-state index contributed by atoms with van der Waals surface area (Å²) in [7, 11) is 0. The van der Waals surface area contributed by atoms with Crippen molar-refractivity contribution >= 4 is 29.2 Å². The van der Waals surface area contributed by atoms with E-state index in [4.69, 9.17) is 21.1 Å². The van der Waals surface area contributed by atoms with Gasteiger partial charge in [-0.2, -0.15) is 5.10 Å². The normalized spacial score (nSPS) is 10.7. The number of nitrogens with zero attached hydrogens (tertiary/aromatic N) is 2. The number of nitrogens with one attached hydrogen (secondary N) is 1. The average molecular weight is 364 g/mol. The van der Waals surface area contributed by atoms with Crippen LogP contribution in [0.1, 0.15) is 19.4 Å². The van der Waals surface area contributed by atoms with Crippen molar-refractivity contribution in [1.82, 2.24) is 0 Å². The number of anilines is 1. The van der Waals surface area contributed by atoms with Crippen LogP contribution in [0.2, 0.25) is 5.02 Å². The quantitative estimate of drug-likeness (QED) is 0.424. The van der Waals surface area contributed by atoms with Gasteiger partial charge in [-0.05, 0) is 32.0 Å². The zero-order valence-corrected chi connectivity index (χ0v) is 14.6. The van der Waals surface area contributed by atoms with E-state index in [-0.39, 0.29) is 11.4 Å². The van der Waals surface area contributed by atoms with Gasteiger partial charge in [0.25, 0.3) is 0 Å². The van der Waals surface area contributed by atoms with Gasteiger partial charge in [-0.15, -0.1) is 0 Å². The molecular formula is C17H18ClN3O4. The highest BCUT2D eigenvalue weighted by atomic mass is 35.5. The van der Waals surface area contributed by atoms with Crippen LogP contribution in [0.15, 0.2) is 41.5 Å². The molecule has 7 nitrogen and oxygen atoms in total. The lowest BCUT2D eigenvalue weighted by atomic mass is 10.1. The maximum absolute atomic E-state index is 11.3. The number of hydrogen-bond donors (Lipinski definition) is 1. The maximum atomic E-state index is 11.3. The Morgan fingerprint density at radius 1 is 1.20 bits per heavy atom. The first-order chi connectivity index (χ1) is 12.0. The fourth-order valence-corrected chi connectivity index (χ4v) is 2.29. The van der Waals surface area contributed by atoms with Crippen LogP contribution in [0, 0.1) is 10.1 Å². The van der Waals surface area contributed by atoms with Crippen LogP contribution in [0.4, 0.5) is 11.4 Å². The Labute approximate surface area is 150 Å². The van der Waals surface area contributed by atoms with Gasteiger partial charge < -0.3 is 9.47 Å². The molecule has 8 heteroatoms. The number of ether oxygens (including phenoxy) is 2. The third-order valence-corrected chi connectivity index (χ3v) is 3.34. The van der Waals surface area contributed by atoms with Crippen LogP contribution in [0.3, 0.4) is 0 Å². The molecule has 25 heavy (non-hydrogen) atoms. The lowest BCUT2D eigenvalue weighted by molar-refractivity contribution is -0.385. The van der Waals surface area contributed by atoms with E-state index in [0.717, 1.165) is 0 Å². The van der Waals surface area contributed by atoms with Crippen molar-refractivity contribution in [1.29, 1.82) is 0 Å². The summed E-state index contributed by atoms with van der Waals surface area (Å²) >= 11 is 5.91. The van der Waals surface area contributed by atoms with Gasteiger partial charge in [-0.1, -0.05) is 17.7 Å². The third kappa shape index (κ3) is 5.09. The van der Waals surface area contributed by atoms with Crippen LogP contribution in [0.25, 0.3) is 0 Å². The highest BCUT2D eigenvalue weighted by molar-refractivity contribution is 6.30. The van der Waals surface area contributed by atoms with Crippen LogP contribution < -0.4 is 14.9 Å². The molecule has 2 aromatic rings. The first-order valence-corrected chi connectivity index (χ1v) is 8.05. The summed E-state index contributed by atoms with van der Waals surface area (Å²) in [6, 6.07) is 9.92. The van der Waals surface area contributed by atoms with Gasteiger partial charge in [0.2, 0.25) is 5.75 Å². The van der Waals surface area contributed by atoms with Gasteiger partial charge in [0.15, 0.2) is 0 Å². The summed E-state index contributed by atoms with van der Waals surface area (Å²) in [5.74, 6) is 0.615. The molecule has 0 aliphatic carbocycles. The summed E-state index contributed by atoms with van der Waals surface area (Å²) in [4.78, 5) is 10.8. The van der Waals surface area contributed by atoms with E-state index >= 15 is 0 Å². The Morgan fingerprint density at radius 3 is 2.56 bits per heavy atom. The number of nitro benzene ring substituents is 1. The van der Waals surface area contributed by atoms with E-state index in [1.54, 1.807) is 31.2 Å². The molecule has 0 atom stereocenters. The lowest BCUT2D eigenvalue weighted by Gasteiger charge is -2.11. The molecule has 2 aromatic carbocycles. The van der Waals surface area contributed by atoms with Crippen molar-refractivity contribution < 1.29 is 14.4 Å². The lowest BCUT2D eigenvalue weighted by Crippen LogP contribution is -2.03. The van der Waals surface area contributed by atoms with Crippen molar-refractivity contribution in [3.8, 4) is 11.5 Å². The van der Waals surface area contributed by atoms with Crippen LogP contribution in [-0.2, 0) is 0 Å². The van der Waals surface area contributed by atoms with Gasteiger partial charge in [0.1, 0.15) is 5.75 Å². The standard InChI is InChI=1S/C17H18ClN3O4/c1-3-24-16-10-17(25-4-2)15(21(22)23)8-12(16)11-19-20-14-7-5-6-13(18)9-14/h5-11,20H,3-4H2,1-2H3. The molecule has 0 heterocycles. The van der Waals surface area contributed by atoms with Crippen LogP contribution in [0.5, 0.6) is 11.5 Å². The molecule has 0 aromatic heterocycles. The summed E-state index contributed by atoms with van der Waals surface area (Å²) < 4.78 is 10.9. The molecule has 0 fully saturated rings. The summed E-state index contributed by atoms with van der Waals surface area (Å²) in [5.41, 5.74) is 3.84. The molecular weight excluding hydrogens is 346 g/mol. The number of hydrazone groups is 1. The predicted molar refractivity (Wildman–Crippen MR) is 98.1 cm³/mol. The number of nitro groups is 1. The molecule has 0 bridgehead atoms. The second-order valence-electron chi connectivity index (χ2n) is 4.86. The molecule has 132 valence electrons. The third-order valence-electron chi connectivity index (χ3n) is 3.11. The van der Waals surface area contributed by atoms with Gasteiger partial charge in [0.05, 0.1) is 30.0 Å². The Kier molecular flexibility index (Phi) is 6.59. The number of rotatable bonds is 8. The van der Waals surface area contributed by atoms with Crippen molar-refractivity contribution in [2.24, 2.45) is 5.10 Å². The number of benzene rings is 2.